The first-order chi connectivity index (χ1) is 13.9. The topological polar surface area (TPSA) is 26.8 Å². The smallest absolute Gasteiger partial charge is 0.153 e. The zero-order valence-corrected chi connectivity index (χ0v) is 19.4. The highest BCUT2D eigenvalue weighted by Crippen LogP contribution is 2.41. The summed E-state index contributed by atoms with van der Waals surface area (Å²) in [6.45, 7) is 6.38. The minimum absolute atomic E-state index is 0.0240. The molecule has 156 valence electrons. The second-order valence-corrected chi connectivity index (χ2v) is 11.9. The number of nitrogens with zero attached hydrogens (tertiary/aromatic N) is 3. The molecule has 0 amide bonds. The van der Waals surface area contributed by atoms with Crippen molar-refractivity contribution in [2.45, 2.75) is 48.8 Å². The van der Waals surface area contributed by atoms with Gasteiger partial charge in [-0.05, 0) is 77.0 Å². The second kappa shape index (κ2) is 8.32. The van der Waals surface area contributed by atoms with Crippen LogP contribution in [0.5, 0.6) is 0 Å². The van der Waals surface area contributed by atoms with E-state index in [0.717, 1.165) is 23.7 Å². The summed E-state index contributed by atoms with van der Waals surface area (Å²) >= 11 is 1.80. The van der Waals surface area contributed by atoms with Crippen molar-refractivity contribution in [3.05, 3.63) is 54.1 Å². The Kier molecular flexibility index (Phi) is 5.96. The molecule has 2 aromatic carbocycles. The van der Waals surface area contributed by atoms with Crippen LogP contribution >= 0.6 is 11.9 Å². The van der Waals surface area contributed by atoms with Crippen LogP contribution in [0, 0.1) is 0 Å². The van der Waals surface area contributed by atoms with Gasteiger partial charge in [0.25, 0.3) is 0 Å². The lowest BCUT2D eigenvalue weighted by Gasteiger charge is -2.46. The molecule has 2 aromatic rings. The standard InChI is InChI=1S/C23H31N3OS2/c1-23(2,28-24(3)4)18-12-14-20(15-13-18)29(27)26-17-19-9-7-8-16-25(19)21-10-5-6-11-22(21)26/h5-6,10-15,19H,7-9,16-17H2,1-4H3. The van der Waals surface area contributed by atoms with Crippen LogP contribution in [-0.4, -0.2) is 41.7 Å². The van der Waals surface area contributed by atoms with E-state index in [0.29, 0.717) is 6.04 Å². The van der Waals surface area contributed by atoms with Gasteiger partial charge in [-0.15, -0.1) is 0 Å². The molecular weight excluding hydrogens is 398 g/mol. The van der Waals surface area contributed by atoms with E-state index < -0.39 is 11.0 Å². The van der Waals surface area contributed by atoms with Crippen LogP contribution in [-0.2, 0) is 15.7 Å². The molecule has 0 bridgehead atoms. The van der Waals surface area contributed by atoms with Gasteiger partial charge in [-0.3, -0.25) is 8.61 Å². The quantitative estimate of drug-likeness (QED) is 0.623. The first-order valence-electron chi connectivity index (χ1n) is 10.4. The van der Waals surface area contributed by atoms with Crippen molar-refractivity contribution in [1.82, 2.24) is 4.31 Å². The van der Waals surface area contributed by atoms with Gasteiger partial charge in [-0.1, -0.05) is 36.2 Å². The first kappa shape index (κ1) is 20.8. The normalized spacial score (nSPS) is 20.4. The van der Waals surface area contributed by atoms with Gasteiger partial charge in [0, 0.05) is 17.3 Å². The van der Waals surface area contributed by atoms with Gasteiger partial charge in [-0.2, -0.15) is 0 Å². The SMILES string of the molecule is CN(C)SC(C)(C)c1ccc(S(=O)N2CC3CCCCN3c3ccccc32)cc1. The largest absolute Gasteiger partial charge is 0.365 e. The molecule has 0 aliphatic carbocycles. The van der Waals surface area contributed by atoms with Gasteiger partial charge >= 0.3 is 0 Å². The van der Waals surface area contributed by atoms with E-state index in [-0.39, 0.29) is 4.75 Å². The Morgan fingerprint density at radius 3 is 2.41 bits per heavy atom. The summed E-state index contributed by atoms with van der Waals surface area (Å²) in [6.07, 6.45) is 3.68. The molecule has 6 heteroatoms. The van der Waals surface area contributed by atoms with E-state index >= 15 is 0 Å². The fraction of sp³-hybridized carbons (Fsp3) is 0.478. The minimum atomic E-state index is -1.20. The lowest BCUT2D eigenvalue weighted by Crippen LogP contribution is -2.51. The lowest BCUT2D eigenvalue weighted by molar-refractivity contribution is 0.457. The number of benzene rings is 2. The molecule has 1 fully saturated rings. The Hall–Kier alpha value is -1.50. The van der Waals surface area contributed by atoms with Crippen LogP contribution in [0.15, 0.2) is 53.4 Å². The fourth-order valence-electron chi connectivity index (χ4n) is 4.48. The van der Waals surface area contributed by atoms with Crippen LogP contribution < -0.4 is 9.21 Å². The van der Waals surface area contributed by atoms with Crippen LogP contribution in [0.3, 0.4) is 0 Å². The van der Waals surface area contributed by atoms with Crippen LogP contribution in [0.4, 0.5) is 11.4 Å². The van der Waals surface area contributed by atoms with E-state index in [1.165, 1.54) is 30.5 Å². The van der Waals surface area contributed by atoms with E-state index in [1.54, 1.807) is 11.9 Å². The first-order valence-corrected chi connectivity index (χ1v) is 12.3. The molecule has 2 aliphatic rings. The summed E-state index contributed by atoms with van der Waals surface area (Å²) in [7, 11) is 2.93. The van der Waals surface area contributed by atoms with Crippen molar-refractivity contribution in [3.63, 3.8) is 0 Å². The number of hydrogen-bond acceptors (Lipinski definition) is 4. The Balaban J connectivity index is 1.61. The highest BCUT2D eigenvalue weighted by atomic mass is 32.2. The average Bonchev–Trinajstić information content (AvgIpc) is 2.72. The third-order valence-corrected chi connectivity index (χ3v) is 8.30. The molecule has 0 radical (unpaired) electrons. The monoisotopic (exact) mass is 429 g/mol. The van der Waals surface area contributed by atoms with Gasteiger partial charge < -0.3 is 4.90 Å². The zero-order valence-electron chi connectivity index (χ0n) is 17.8. The van der Waals surface area contributed by atoms with E-state index in [4.69, 9.17) is 0 Å². The molecule has 0 N–H and O–H groups in total. The van der Waals surface area contributed by atoms with Crippen molar-refractivity contribution < 1.29 is 4.21 Å². The molecular formula is C23H31N3OS2. The molecule has 4 nitrogen and oxygen atoms in total. The maximum Gasteiger partial charge on any atom is 0.153 e. The summed E-state index contributed by atoms with van der Waals surface area (Å²) in [4.78, 5) is 3.40. The van der Waals surface area contributed by atoms with Crippen LogP contribution in [0.25, 0.3) is 0 Å². The Bertz CT molecular complexity index is 882. The van der Waals surface area contributed by atoms with Crippen molar-refractivity contribution in [3.8, 4) is 0 Å². The van der Waals surface area contributed by atoms with Gasteiger partial charge in [0.15, 0.2) is 11.0 Å². The summed E-state index contributed by atoms with van der Waals surface area (Å²) in [5.41, 5.74) is 3.57. The molecule has 29 heavy (non-hydrogen) atoms. The Morgan fingerprint density at radius 2 is 1.72 bits per heavy atom. The highest BCUT2D eigenvalue weighted by molar-refractivity contribution is 7.97. The molecule has 2 unspecified atom stereocenters. The molecule has 0 aromatic heterocycles. The molecule has 0 spiro atoms. The molecule has 1 saturated heterocycles. The molecule has 2 aliphatic heterocycles. The maximum absolute atomic E-state index is 13.6. The van der Waals surface area contributed by atoms with Gasteiger partial charge in [0.05, 0.1) is 22.8 Å². The Labute approximate surface area is 182 Å². The van der Waals surface area contributed by atoms with Gasteiger partial charge in [0.1, 0.15) is 0 Å². The summed E-state index contributed by atoms with van der Waals surface area (Å²) in [5.74, 6) is 0. The second-order valence-electron chi connectivity index (χ2n) is 8.58. The summed E-state index contributed by atoms with van der Waals surface area (Å²) < 4.78 is 17.8. The fourth-order valence-corrected chi connectivity index (χ4v) is 6.90. The average molecular weight is 430 g/mol. The number of piperidine rings is 1. The molecule has 2 atom stereocenters. The minimum Gasteiger partial charge on any atom is -0.365 e. The predicted molar refractivity (Wildman–Crippen MR) is 126 cm³/mol. The molecule has 4 rings (SSSR count). The molecule has 0 saturated carbocycles. The van der Waals surface area contributed by atoms with E-state index in [1.807, 2.05) is 12.1 Å². The molecule has 2 heterocycles. The highest BCUT2D eigenvalue weighted by Gasteiger charge is 2.35. The van der Waals surface area contributed by atoms with Crippen molar-refractivity contribution in [2.75, 3.05) is 36.4 Å². The summed E-state index contributed by atoms with van der Waals surface area (Å²) in [6, 6.07) is 17.2. The third kappa shape index (κ3) is 4.21. The van der Waals surface area contributed by atoms with Crippen LogP contribution in [0.2, 0.25) is 0 Å². The van der Waals surface area contributed by atoms with E-state index in [2.05, 4.69) is 77.9 Å². The predicted octanol–water partition coefficient (Wildman–Crippen LogP) is 5.03. The maximum atomic E-state index is 13.6. The van der Waals surface area contributed by atoms with Gasteiger partial charge in [0.2, 0.25) is 0 Å². The third-order valence-electron chi connectivity index (χ3n) is 5.83. The van der Waals surface area contributed by atoms with Crippen molar-refractivity contribution >= 4 is 34.3 Å². The Morgan fingerprint density at radius 1 is 1.03 bits per heavy atom. The number of fused-ring (bicyclic) bond motifs is 3. The van der Waals surface area contributed by atoms with E-state index in [9.17, 15) is 4.21 Å². The van der Waals surface area contributed by atoms with Crippen molar-refractivity contribution in [1.29, 1.82) is 0 Å². The number of hydrogen-bond donors (Lipinski definition) is 0. The number of anilines is 2. The number of para-hydroxylation sites is 2. The van der Waals surface area contributed by atoms with Gasteiger partial charge in [-0.25, -0.2) is 4.21 Å². The van der Waals surface area contributed by atoms with Crippen LogP contribution in [0.1, 0.15) is 38.7 Å². The number of rotatable bonds is 5. The summed E-state index contributed by atoms with van der Waals surface area (Å²) in [5, 5.41) is 0. The zero-order chi connectivity index (χ0) is 20.6. The lowest BCUT2D eigenvalue weighted by atomic mass is 9.98. The van der Waals surface area contributed by atoms with Crippen molar-refractivity contribution in [2.24, 2.45) is 0 Å².